The normalized spacial score (nSPS) is 14.3. The zero-order valence-electron chi connectivity index (χ0n) is 12.5. The molecule has 0 bridgehead atoms. The van der Waals surface area contributed by atoms with Crippen LogP contribution in [0.15, 0.2) is 29.4 Å². The lowest BCUT2D eigenvalue weighted by Crippen LogP contribution is -2.44. The number of para-hydroxylation sites is 2. The molecular weight excluding hydrogens is 286 g/mol. The van der Waals surface area contributed by atoms with E-state index in [2.05, 4.69) is 15.3 Å². The maximum atomic E-state index is 11.8. The van der Waals surface area contributed by atoms with E-state index in [9.17, 15) is 9.90 Å². The highest BCUT2D eigenvalue weighted by Gasteiger charge is 2.25. The third-order valence-electron chi connectivity index (χ3n) is 3.59. The first-order valence-corrected chi connectivity index (χ1v) is 7.93. The van der Waals surface area contributed by atoms with Crippen LogP contribution >= 0.6 is 11.8 Å². The maximum Gasteiger partial charge on any atom is 0.230 e. The SMILES string of the molecule is CC(C)C(C)(O)CNC(=O)CSc1nc2ccccc2[nH]1. The molecule has 1 aromatic heterocycles. The van der Waals surface area contributed by atoms with Gasteiger partial charge < -0.3 is 15.4 Å². The Labute approximate surface area is 128 Å². The van der Waals surface area contributed by atoms with Crippen LogP contribution in [0.4, 0.5) is 0 Å². The maximum absolute atomic E-state index is 11.8. The van der Waals surface area contributed by atoms with Gasteiger partial charge in [0.1, 0.15) is 0 Å². The number of imidazole rings is 1. The second-order valence-corrected chi connectivity index (χ2v) is 6.60. The van der Waals surface area contributed by atoms with Crippen molar-refractivity contribution in [2.45, 2.75) is 31.5 Å². The van der Waals surface area contributed by atoms with Crippen molar-refractivity contribution in [3.05, 3.63) is 24.3 Å². The fourth-order valence-electron chi connectivity index (χ4n) is 1.66. The van der Waals surface area contributed by atoms with E-state index in [-0.39, 0.29) is 24.1 Å². The summed E-state index contributed by atoms with van der Waals surface area (Å²) in [5.74, 6) is 0.246. The summed E-state index contributed by atoms with van der Waals surface area (Å²) in [6.45, 7) is 5.83. The number of fused-ring (bicyclic) bond motifs is 1. The number of thioether (sulfide) groups is 1. The van der Waals surface area contributed by atoms with Crippen LogP contribution < -0.4 is 5.32 Å². The quantitative estimate of drug-likeness (QED) is 0.715. The fraction of sp³-hybridized carbons (Fsp3) is 0.467. The molecule has 0 aliphatic carbocycles. The molecule has 1 amide bonds. The Hall–Kier alpha value is -1.53. The number of aromatic nitrogens is 2. The van der Waals surface area contributed by atoms with Crippen LogP contribution in [0.1, 0.15) is 20.8 Å². The molecule has 1 heterocycles. The smallest absolute Gasteiger partial charge is 0.230 e. The number of nitrogens with one attached hydrogen (secondary N) is 2. The van der Waals surface area contributed by atoms with Gasteiger partial charge >= 0.3 is 0 Å². The minimum atomic E-state index is -0.889. The largest absolute Gasteiger partial charge is 0.388 e. The molecular formula is C15H21N3O2S. The van der Waals surface area contributed by atoms with E-state index in [0.29, 0.717) is 0 Å². The molecule has 5 nitrogen and oxygen atoms in total. The first kappa shape index (κ1) is 15.9. The van der Waals surface area contributed by atoms with Crippen molar-refractivity contribution in [2.24, 2.45) is 5.92 Å². The topological polar surface area (TPSA) is 78.0 Å². The van der Waals surface area contributed by atoms with Crippen LogP contribution in [0, 0.1) is 5.92 Å². The van der Waals surface area contributed by atoms with Crippen LogP contribution in [0.25, 0.3) is 11.0 Å². The standard InChI is InChI=1S/C15H21N3O2S/c1-10(2)15(3,20)9-16-13(19)8-21-14-17-11-6-4-5-7-12(11)18-14/h4-7,10,20H,8-9H2,1-3H3,(H,16,19)(H,17,18). The number of carbonyl (C=O) groups excluding carboxylic acids is 1. The number of rotatable bonds is 6. The Balaban J connectivity index is 1.84. The summed E-state index contributed by atoms with van der Waals surface area (Å²) < 4.78 is 0. The van der Waals surface area contributed by atoms with E-state index < -0.39 is 5.60 Å². The minimum Gasteiger partial charge on any atom is -0.388 e. The number of nitrogens with zero attached hydrogens (tertiary/aromatic N) is 1. The van der Waals surface area contributed by atoms with Crippen LogP contribution in [0.2, 0.25) is 0 Å². The van der Waals surface area contributed by atoms with Gasteiger partial charge in [-0.2, -0.15) is 0 Å². The molecule has 0 fully saturated rings. The predicted octanol–water partition coefficient (Wildman–Crippen LogP) is 2.18. The number of H-pyrrole nitrogens is 1. The van der Waals surface area contributed by atoms with Crippen molar-refractivity contribution in [3.63, 3.8) is 0 Å². The zero-order chi connectivity index (χ0) is 15.5. The number of amides is 1. The van der Waals surface area contributed by atoms with Crippen molar-refractivity contribution < 1.29 is 9.90 Å². The Morgan fingerprint density at radius 3 is 2.86 bits per heavy atom. The van der Waals surface area contributed by atoms with Crippen molar-refractivity contribution in [3.8, 4) is 0 Å². The average molecular weight is 307 g/mol. The number of hydrogen-bond acceptors (Lipinski definition) is 4. The second-order valence-electron chi connectivity index (χ2n) is 5.64. The van der Waals surface area contributed by atoms with Gasteiger partial charge in [-0.1, -0.05) is 37.7 Å². The lowest BCUT2D eigenvalue weighted by molar-refractivity contribution is -0.120. The highest BCUT2D eigenvalue weighted by molar-refractivity contribution is 7.99. The van der Waals surface area contributed by atoms with Crippen molar-refractivity contribution in [2.75, 3.05) is 12.3 Å². The second kappa shape index (κ2) is 6.49. The summed E-state index contributed by atoms with van der Waals surface area (Å²) in [5, 5.41) is 13.6. The lowest BCUT2D eigenvalue weighted by atomic mass is 9.93. The Morgan fingerprint density at radius 2 is 2.19 bits per heavy atom. The van der Waals surface area contributed by atoms with Gasteiger partial charge in [0.25, 0.3) is 0 Å². The van der Waals surface area contributed by atoms with Crippen LogP contribution in [0.5, 0.6) is 0 Å². The third kappa shape index (κ3) is 4.22. The Morgan fingerprint density at radius 1 is 1.48 bits per heavy atom. The molecule has 1 unspecified atom stereocenters. The van der Waals surface area contributed by atoms with Crippen LogP contribution in [-0.2, 0) is 4.79 Å². The van der Waals surface area contributed by atoms with Gasteiger partial charge in [0.05, 0.1) is 22.4 Å². The molecule has 1 aromatic carbocycles. The van der Waals surface area contributed by atoms with Gasteiger partial charge in [-0.15, -0.1) is 0 Å². The molecule has 0 aliphatic heterocycles. The summed E-state index contributed by atoms with van der Waals surface area (Å²) in [6.07, 6.45) is 0. The predicted molar refractivity (Wildman–Crippen MR) is 85.3 cm³/mol. The van der Waals surface area contributed by atoms with E-state index in [0.717, 1.165) is 16.2 Å². The number of aliphatic hydroxyl groups is 1. The molecule has 0 saturated carbocycles. The molecule has 114 valence electrons. The number of benzene rings is 1. The minimum absolute atomic E-state index is 0.0841. The number of carbonyl (C=O) groups is 1. The van der Waals surface area contributed by atoms with E-state index in [1.165, 1.54) is 11.8 Å². The van der Waals surface area contributed by atoms with Gasteiger partial charge in [0, 0.05) is 6.54 Å². The number of aromatic amines is 1. The van der Waals surface area contributed by atoms with E-state index in [1.807, 2.05) is 38.1 Å². The molecule has 3 N–H and O–H groups in total. The summed E-state index contributed by atoms with van der Waals surface area (Å²) >= 11 is 1.35. The Bertz CT molecular complexity index is 589. The van der Waals surface area contributed by atoms with E-state index >= 15 is 0 Å². The summed E-state index contributed by atoms with van der Waals surface area (Å²) in [5.41, 5.74) is 0.964. The van der Waals surface area contributed by atoms with E-state index in [1.54, 1.807) is 6.92 Å². The molecule has 0 aliphatic rings. The van der Waals surface area contributed by atoms with Crippen molar-refractivity contribution >= 4 is 28.7 Å². The molecule has 6 heteroatoms. The average Bonchev–Trinajstić information content (AvgIpc) is 2.85. The lowest BCUT2D eigenvalue weighted by Gasteiger charge is -2.27. The Kier molecular flexibility index (Phi) is 4.90. The third-order valence-corrected chi connectivity index (χ3v) is 4.47. The van der Waals surface area contributed by atoms with E-state index in [4.69, 9.17) is 0 Å². The first-order chi connectivity index (χ1) is 9.88. The fourth-order valence-corrected chi connectivity index (χ4v) is 2.38. The van der Waals surface area contributed by atoms with Crippen molar-refractivity contribution in [1.82, 2.24) is 15.3 Å². The number of hydrogen-bond donors (Lipinski definition) is 3. The van der Waals surface area contributed by atoms with Gasteiger partial charge in [0.2, 0.25) is 5.91 Å². The van der Waals surface area contributed by atoms with Crippen molar-refractivity contribution in [1.29, 1.82) is 0 Å². The molecule has 0 spiro atoms. The summed E-state index contributed by atoms with van der Waals surface area (Å²) in [4.78, 5) is 19.4. The molecule has 1 atom stereocenters. The molecule has 21 heavy (non-hydrogen) atoms. The molecule has 0 saturated heterocycles. The summed E-state index contributed by atoms with van der Waals surface area (Å²) in [6, 6.07) is 7.75. The van der Waals surface area contributed by atoms with Gasteiger partial charge in [-0.3, -0.25) is 4.79 Å². The summed E-state index contributed by atoms with van der Waals surface area (Å²) in [7, 11) is 0. The van der Waals surface area contributed by atoms with Crippen LogP contribution in [0.3, 0.4) is 0 Å². The molecule has 0 radical (unpaired) electrons. The zero-order valence-corrected chi connectivity index (χ0v) is 13.3. The monoisotopic (exact) mass is 307 g/mol. The molecule has 2 rings (SSSR count). The van der Waals surface area contributed by atoms with Crippen LogP contribution in [-0.4, -0.2) is 38.9 Å². The highest BCUT2D eigenvalue weighted by Crippen LogP contribution is 2.19. The van der Waals surface area contributed by atoms with Gasteiger partial charge in [-0.25, -0.2) is 4.98 Å². The highest BCUT2D eigenvalue weighted by atomic mass is 32.2. The first-order valence-electron chi connectivity index (χ1n) is 6.95. The van der Waals surface area contributed by atoms with Gasteiger partial charge in [0.15, 0.2) is 5.16 Å². The van der Waals surface area contributed by atoms with Gasteiger partial charge in [-0.05, 0) is 25.0 Å². The molecule has 2 aromatic rings.